The first kappa shape index (κ1) is 15.6. The fraction of sp³-hybridized carbons (Fsp3) is 0.857. The van der Waals surface area contributed by atoms with Crippen LogP contribution in [-0.4, -0.2) is 32.6 Å². The van der Waals surface area contributed by atoms with E-state index in [4.69, 9.17) is 0 Å². The minimum Gasteiger partial charge on any atom is -0.314 e. The molecule has 2 atom stereocenters. The first-order valence-electron chi connectivity index (χ1n) is 7.79. The molecular weight excluding hydrogens is 272 g/mol. The van der Waals surface area contributed by atoms with E-state index in [9.17, 15) is 4.79 Å². The average Bonchev–Trinajstić information content (AvgIpc) is 2.79. The van der Waals surface area contributed by atoms with Crippen molar-refractivity contribution in [2.45, 2.75) is 75.4 Å². The number of H-pyrrole nitrogens is 1. The molecule has 0 aliphatic heterocycles. The molecule has 2 unspecified atom stereocenters. The van der Waals surface area contributed by atoms with Crippen molar-refractivity contribution in [2.75, 3.05) is 6.54 Å². The number of nitrogens with one attached hydrogen (secondary N) is 2. The van der Waals surface area contributed by atoms with E-state index in [-0.39, 0.29) is 5.69 Å². The van der Waals surface area contributed by atoms with E-state index in [0.29, 0.717) is 11.3 Å². The van der Waals surface area contributed by atoms with E-state index < -0.39 is 0 Å². The lowest BCUT2D eigenvalue weighted by Gasteiger charge is -2.29. The van der Waals surface area contributed by atoms with Crippen LogP contribution in [0, 0.1) is 0 Å². The van der Waals surface area contributed by atoms with E-state index in [1.54, 1.807) is 16.3 Å². The minimum atomic E-state index is -0.0779. The van der Waals surface area contributed by atoms with Gasteiger partial charge in [0.05, 0.1) is 0 Å². The normalized spacial score (nSPS) is 23.1. The third kappa shape index (κ3) is 4.12. The molecule has 1 aliphatic rings. The van der Waals surface area contributed by atoms with Gasteiger partial charge in [-0.3, -0.25) is 4.57 Å². The summed E-state index contributed by atoms with van der Waals surface area (Å²) < 4.78 is 1.77. The highest BCUT2D eigenvalue weighted by atomic mass is 32.2. The zero-order chi connectivity index (χ0) is 14.4. The van der Waals surface area contributed by atoms with Gasteiger partial charge in [0.25, 0.3) is 0 Å². The second kappa shape index (κ2) is 7.88. The lowest BCUT2D eigenvalue weighted by molar-refractivity contribution is 0.381. The molecule has 1 saturated carbocycles. The van der Waals surface area contributed by atoms with Crippen molar-refractivity contribution < 1.29 is 0 Å². The summed E-state index contributed by atoms with van der Waals surface area (Å²) in [6, 6.07) is 0.631. The lowest BCUT2D eigenvalue weighted by Crippen LogP contribution is -2.35. The van der Waals surface area contributed by atoms with Gasteiger partial charge in [-0.1, -0.05) is 32.0 Å². The van der Waals surface area contributed by atoms with Gasteiger partial charge in [0, 0.05) is 17.8 Å². The maximum absolute atomic E-state index is 11.7. The predicted octanol–water partition coefficient (Wildman–Crippen LogP) is 2.38. The van der Waals surface area contributed by atoms with Gasteiger partial charge >= 0.3 is 5.69 Å². The van der Waals surface area contributed by atoms with Gasteiger partial charge in [0.15, 0.2) is 5.16 Å². The summed E-state index contributed by atoms with van der Waals surface area (Å²) >= 11 is 1.77. The van der Waals surface area contributed by atoms with E-state index in [1.807, 2.05) is 0 Å². The average molecular weight is 298 g/mol. The number of hydrogen-bond acceptors (Lipinski definition) is 4. The quantitative estimate of drug-likeness (QED) is 0.811. The standard InChI is InChI=1S/C14H26N4OS/c1-3-8-15-11-6-5-7-12(10-11)20-14-17-16-13(19)18(14)9-4-2/h11-12,15H,3-10H2,1-2H3,(H,16,19). The van der Waals surface area contributed by atoms with Gasteiger partial charge in [0.1, 0.15) is 0 Å². The molecule has 0 radical (unpaired) electrons. The number of rotatable bonds is 7. The Morgan fingerprint density at radius 3 is 3.00 bits per heavy atom. The van der Waals surface area contributed by atoms with E-state index in [0.717, 1.165) is 24.7 Å². The van der Waals surface area contributed by atoms with Crippen LogP contribution in [0.2, 0.25) is 0 Å². The monoisotopic (exact) mass is 298 g/mol. The molecule has 1 aromatic rings. The molecule has 1 aromatic heterocycles. The molecule has 20 heavy (non-hydrogen) atoms. The maximum Gasteiger partial charge on any atom is 0.343 e. The molecule has 1 fully saturated rings. The molecule has 0 amide bonds. The summed E-state index contributed by atoms with van der Waals surface area (Å²) in [5, 5.41) is 11.8. The number of thioether (sulfide) groups is 1. The number of aromatic amines is 1. The van der Waals surface area contributed by atoms with Crippen LogP contribution in [0.3, 0.4) is 0 Å². The molecule has 6 heteroatoms. The van der Waals surface area contributed by atoms with Gasteiger partial charge in [0.2, 0.25) is 0 Å². The molecule has 114 valence electrons. The highest BCUT2D eigenvalue weighted by molar-refractivity contribution is 7.99. The summed E-state index contributed by atoms with van der Waals surface area (Å²) in [5.41, 5.74) is -0.0779. The van der Waals surface area contributed by atoms with Gasteiger partial charge in [-0.15, -0.1) is 5.10 Å². The molecule has 2 rings (SSSR count). The Labute approximate surface area is 124 Å². The smallest absolute Gasteiger partial charge is 0.314 e. The number of hydrogen-bond donors (Lipinski definition) is 2. The van der Waals surface area contributed by atoms with E-state index >= 15 is 0 Å². The molecule has 5 nitrogen and oxygen atoms in total. The Morgan fingerprint density at radius 1 is 1.40 bits per heavy atom. The second-order valence-electron chi connectivity index (χ2n) is 5.52. The van der Waals surface area contributed by atoms with Crippen molar-refractivity contribution in [1.82, 2.24) is 20.1 Å². The van der Waals surface area contributed by atoms with Gasteiger partial charge in [-0.25, -0.2) is 9.89 Å². The maximum atomic E-state index is 11.7. The Hall–Kier alpha value is -0.750. The van der Waals surface area contributed by atoms with Gasteiger partial charge in [-0.05, 0) is 38.6 Å². The van der Waals surface area contributed by atoms with E-state index in [1.165, 1.54) is 32.1 Å². The summed E-state index contributed by atoms with van der Waals surface area (Å²) in [6.07, 6.45) is 7.09. The zero-order valence-corrected chi connectivity index (χ0v) is 13.3. The van der Waals surface area contributed by atoms with Crippen molar-refractivity contribution in [3.8, 4) is 0 Å². The van der Waals surface area contributed by atoms with Crippen LogP contribution >= 0.6 is 11.8 Å². The summed E-state index contributed by atoms with van der Waals surface area (Å²) in [4.78, 5) is 11.7. The fourth-order valence-electron chi connectivity index (χ4n) is 2.75. The molecular formula is C14H26N4OS. The Kier molecular flexibility index (Phi) is 6.16. The summed E-state index contributed by atoms with van der Waals surface area (Å²) in [6.45, 7) is 6.14. The van der Waals surface area contributed by atoms with Crippen LogP contribution in [-0.2, 0) is 6.54 Å². The van der Waals surface area contributed by atoms with Crippen LogP contribution in [0.4, 0.5) is 0 Å². The van der Waals surface area contributed by atoms with Crippen molar-refractivity contribution >= 4 is 11.8 Å². The minimum absolute atomic E-state index is 0.0779. The number of aromatic nitrogens is 3. The Balaban J connectivity index is 1.94. The molecule has 0 spiro atoms. The largest absolute Gasteiger partial charge is 0.343 e. The molecule has 1 aliphatic carbocycles. The van der Waals surface area contributed by atoms with E-state index in [2.05, 4.69) is 29.4 Å². The molecule has 2 N–H and O–H groups in total. The molecule has 1 heterocycles. The first-order valence-corrected chi connectivity index (χ1v) is 8.67. The van der Waals surface area contributed by atoms with Crippen LogP contribution in [0.5, 0.6) is 0 Å². The Morgan fingerprint density at radius 2 is 2.25 bits per heavy atom. The lowest BCUT2D eigenvalue weighted by atomic mass is 9.95. The topological polar surface area (TPSA) is 62.7 Å². The molecule has 0 saturated heterocycles. The van der Waals surface area contributed by atoms with Crippen LogP contribution in [0.15, 0.2) is 9.95 Å². The highest BCUT2D eigenvalue weighted by Crippen LogP contribution is 2.32. The second-order valence-corrected chi connectivity index (χ2v) is 6.79. The first-order chi connectivity index (χ1) is 9.74. The Bertz CT molecular complexity index is 456. The van der Waals surface area contributed by atoms with Crippen molar-refractivity contribution in [2.24, 2.45) is 0 Å². The summed E-state index contributed by atoms with van der Waals surface area (Å²) in [7, 11) is 0. The predicted molar refractivity (Wildman–Crippen MR) is 83.3 cm³/mol. The van der Waals surface area contributed by atoms with Crippen LogP contribution in [0.1, 0.15) is 52.4 Å². The van der Waals surface area contributed by atoms with Crippen LogP contribution < -0.4 is 11.0 Å². The van der Waals surface area contributed by atoms with Gasteiger partial charge < -0.3 is 5.32 Å². The molecule has 0 bridgehead atoms. The third-order valence-corrected chi connectivity index (χ3v) is 5.04. The molecule has 0 aromatic carbocycles. The summed E-state index contributed by atoms with van der Waals surface area (Å²) in [5.74, 6) is 0. The highest BCUT2D eigenvalue weighted by Gasteiger charge is 2.24. The van der Waals surface area contributed by atoms with Crippen molar-refractivity contribution in [3.05, 3.63) is 10.5 Å². The van der Waals surface area contributed by atoms with Crippen molar-refractivity contribution in [3.63, 3.8) is 0 Å². The fourth-order valence-corrected chi connectivity index (χ4v) is 4.06. The third-order valence-electron chi connectivity index (χ3n) is 3.75. The SMILES string of the molecule is CCCNC1CCCC(Sc2n[nH]c(=O)n2CCC)C1. The van der Waals surface area contributed by atoms with Gasteiger partial charge in [-0.2, -0.15) is 0 Å². The number of nitrogens with zero attached hydrogens (tertiary/aromatic N) is 2. The van der Waals surface area contributed by atoms with Crippen LogP contribution in [0.25, 0.3) is 0 Å². The zero-order valence-electron chi connectivity index (χ0n) is 12.5. The van der Waals surface area contributed by atoms with Crippen molar-refractivity contribution in [1.29, 1.82) is 0 Å².